The van der Waals surface area contributed by atoms with Crippen molar-refractivity contribution in [3.63, 3.8) is 0 Å². The van der Waals surface area contributed by atoms with E-state index in [1.807, 2.05) is 31.2 Å². The number of carbonyl (C=O) groups excluding carboxylic acids is 1. The molecule has 20 heavy (non-hydrogen) atoms. The fourth-order valence-electron chi connectivity index (χ4n) is 1.79. The summed E-state index contributed by atoms with van der Waals surface area (Å²) in [4.78, 5) is 20.1. The van der Waals surface area contributed by atoms with Gasteiger partial charge in [-0.2, -0.15) is 0 Å². The lowest BCUT2D eigenvalue weighted by molar-refractivity contribution is 0.0524. The molecule has 1 heterocycles. The average Bonchev–Trinajstić information content (AvgIpc) is 2.39. The first kappa shape index (κ1) is 14.0. The van der Waals surface area contributed by atoms with Gasteiger partial charge in [0.25, 0.3) is 0 Å². The molecule has 0 bridgehead atoms. The highest BCUT2D eigenvalue weighted by molar-refractivity contribution is 5.90. The van der Waals surface area contributed by atoms with Crippen LogP contribution in [0.15, 0.2) is 30.5 Å². The number of aryl methyl sites for hydroxylation is 2. The Kier molecular flexibility index (Phi) is 4.30. The summed E-state index contributed by atoms with van der Waals surface area (Å²) in [5.41, 5.74) is 3.04. The molecule has 5 heteroatoms. The number of benzene rings is 1. The smallest absolute Gasteiger partial charge is 0.341 e. The first-order valence-electron chi connectivity index (χ1n) is 6.44. The molecule has 0 aliphatic carbocycles. The van der Waals surface area contributed by atoms with Gasteiger partial charge in [0.1, 0.15) is 0 Å². The third-order valence-corrected chi connectivity index (χ3v) is 2.75. The lowest BCUT2D eigenvalue weighted by Gasteiger charge is -2.08. The van der Waals surface area contributed by atoms with Crippen LogP contribution in [0.3, 0.4) is 0 Å². The van der Waals surface area contributed by atoms with Gasteiger partial charge < -0.3 is 10.1 Å². The molecule has 2 aromatic rings. The zero-order valence-corrected chi connectivity index (χ0v) is 11.8. The lowest BCUT2D eigenvalue weighted by atomic mass is 10.2. The molecule has 1 N–H and O–H groups in total. The number of ether oxygens (including phenoxy) is 1. The summed E-state index contributed by atoms with van der Waals surface area (Å²) in [5.74, 6) is 0.0632. The van der Waals surface area contributed by atoms with Crippen LogP contribution in [0.2, 0.25) is 0 Å². The van der Waals surface area contributed by atoms with Crippen molar-refractivity contribution in [3.8, 4) is 0 Å². The summed E-state index contributed by atoms with van der Waals surface area (Å²) < 4.78 is 4.94. The molecule has 0 radical (unpaired) electrons. The van der Waals surface area contributed by atoms with E-state index in [9.17, 15) is 4.79 Å². The van der Waals surface area contributed by atoms with Crippen LogP contribution in [0.25, 0.3) is 0 Å². The number of anilines is 2. The van der Waals surface area contributed by atoms with Crippen LogP contribution >= 0.6 is 0 Å². The standard InChI is InChI=1S/C15H17N3O2/c1-4-20-14(19)13-9-16-15(17-11(13)3)18-12-7-5-6-10(2)8-12/h5-9H,4H2,1-3H3,(H,16,17,18). The van der Waals surface area contributed by atoms with Crippen LogP contribution in [0.5, 0.6) is 0 Å². The van der Waals surface area contributed by atoms with E-state index in [1.54, 1.807) is 13.8 Å². The Morgan fingerprint density at radius 2 is 2.15 bits per heavy atom. The van der Waals surface area contributed by atoms with Gasteiger partial charge in [-0.1, -0.05) is 12.1 Å². The maximum atomic E-state index is 11.7. The summed E-state index contributed by atoms with van der Waals surface area (Å²) in [6, 6.07) is 7.90. The van der Waals surface area contributed by atoms with Crippen molar-refractivity contribution >= 4 is 17.6 Å². The van der Waals surface area contributed by atoms with Crippen molar-refractivity contribution < 1.29 is 9.53 Å². The number of nitrogens with zero attached hydrogens (tertiary/aromatic N) is 2. The lowest BCUT2D eigenvalue weighted by Crippen LogP contribution is -2.10. The summed E-state index contributed by atoms with van der Waals surface area (Å²) in [5, 5.41) is 3.11. The minimum atomic E-state index is -0.396. The SMILES string of the molecule is CCOC(=O)c1cnc(Nc2cccc(C)c2)nc1C. The normalized spacial score (nSPS) is 10.2. The van der Waals surface area contributed by atoms with Crippen LogP contribution in [0, 0.1) is 13.8 Å². The molecule has 1 aromatic heterocycles. The Morgan fingerprint density at radius 3 is 2.80 bits per heavy atom. The maximum Gasteiger partial charge on any atom is 0.341 e. The van der Waals surface area contributed by atoms with E-state index in [1.165, 1.54) is 6.20 Å². The van der Waals surface area contributed by atoms with Gasteiger partial charge in [0.15, 0.2) is 0 Å². The predicted octanol–water partition coefficient (Wildman–Crippen LogP) is 3.01. The molecule has 2 rings (SSSR count). The van der Waals surface area contributed by atoms with E-state index < -0.39 is 5.97 Å². The van der Waals surface area contributed by atoms with Crippen molar-refractivity contribution in [1.82, 2.24) is 9.97 Å². The van der Waals surface area contributed by atoms with Crippen molar-refractivity contribution in [2.45, 2.75) is 20.8 Å². The van der Waals surface area contributed by atoms with Crippen LogP contribution in [-0.2, 0) is 4.74 Å². The topological polar surface area (TPSA) is 64.1 Å². The van der Waals surface area contributed by atoms with E-state index >= 15 is 0 Å². The maximum absolute atomic E-state index is 11.7. The third-order valence-electron chi connectivity index (χ3n) is 2.75. The van der Waals surface area contributed by atoms with Crippen LogP contribution in [-0.4, -0.2) is 22.5 Å². The van der Waals surface area contributed by atoms with Gasteiger partial charge in [0.2, 0.25) is 5.95 Å². The number of carbonyl (C=O) groups is 1. The molecule has 0 saturated heterocycles. The number of rotatable bonds is 4. The number of aromatic nitrogens is 2. The van der Waals surface area contributed by atoms with Crippen molar-refractivity contribution in [2.24, 2.45) is 0 Å². The van der Waals surface area contributed by atoms with E-state index in [4.69, 9.17) is 4.74 Å². The second-order valence-electron chi connectivity index (χ2n) is 4.41. The second kappa shape index (κ2) is 6.14. The van der Waals surface area contributed by atoms with Gasteiger partial charge in [-0.15, -0.1) is 0 Å². The molecule has 0 aliphatic heterocycles. The molecular weight excluding hydrogens is 254 g/mol. The minimum absolute atomic E-state index is 0.335. The van der Waals surface area contributed by atoms with E-state index in [2.05, 4.69) is 15.3 Å². The molecule has 0 fully saturated rings. The van der Waals surface area contributed by atoms with Crippen LogP contribution < -0.4 is 5.32 Å². The van der Waals surface area contributed by atoms with E-state index in [0.717, 1.165) is 11.3 Å². The number of hydrogen-bond acceptors (Lipinski definition) is 5. The molecule has 0 spiro atoms. The first-order chi connectivity index (χ1) is 9.60. The predicted molar refractivity (Wildman–Crippen MR) is 77.2 cm³/mol. The Hall–Kier alpha value is -2.43. The highest BCUT2D eigenvalue weighted by atomic mass is 16.5. The quantitative estimate of drug-likeness (QED) is 0.866. The highest BCUT2D eigenvalue weighted by Gasteiger charge is 2.12. The Morgan fingerprint density at radius 1 is 1.35 bits per heavy atom. The average molecular weight is 271 g/mol. The summed E-state index contributed by atoms with van der Waals surface area (Å²) in [6.45, 7) is 5.87. The van der Waals surface area contributed by atoms with Crippen molar-refractivity contribution in [2.75, 3.05) is 11.9 Å². The van der Waals surface area contributed by atoms with Gasteiger partial charge >= 0.3 is 5.97 Å². The van der Waals surface area contributed by atoms with E-state index in [0.29, 0.717) is 23.8 Å². The number of hydrogen-bond donors (Lipinski definition) is 1. The zero-order valence-electron chi connectivity index (χ0n) is 11.8. The largest absolute Gasteiger partial charge is 0.462 e. The first-order valence-corrected chi connectivity index (χ1v) is 6.44. The summed E-state index contributed by atoms with van der Waals surface area (Å²) in [7, 11) is 0. The molecule has 104 valence electrons. The summed E-state index contributed by atoms with van der Waals surface area (Å²) >= 11 is 0. The van der Waals surface area contributed by atoms with Gasteiger partial charge in [-0.3, -0.25) is 0 Å². The fourth-order valence-corrected chi connectivity index (χ4v) is 1.79. The van der Waals surface area contributed by atoms with E-state index in [-0.39, 0.29) is 0 Å². The van der Waals surface area contributed by atoms with Crippen LogP contribution in [0.4, 0.5) is 11.6 Å². The minimum Gasteiger partial charge on any atom is -0.462 e. The number of esters is 1. The Bertz CT molecular complexity index is 626. The molecular formula is C15H17N3O2. The molecule has 0 atom stereocenters. The molecule has 5 nitrogen and oxygen atoms in total. The second-order valence-corrected chi connectivity index (χ2v) is 4.41. The zero-order chi connectivity index (χ0) is 14.5. The van der Waals surface area contributed by atoms with Gasteiger partial charge in [-0.05, 0) is 38.5 Å². The summed E-state index contributed by atoms with van der Waals surface area (Å²) in [6.07, 6.45) is 1.48. The molecule has 0 aliphatic rings. The highest BCUT2D eigenvalue weighted by Crippen LogP contribution is 2.15. The van der Waals surface area contributed by atoms with Crippen molar-refractivity contribution in [1.29, 1.82) is 0 Å². The fraction of sp³-hybridized carbons (Fsp3) is 0.267. The Labute approximate surface area is 118 Å². The molecule has 0 saturated carbocycles. The molecule has 0 amide bonds. The van der Waals surface area contributed by atoms with Gasteiger partial charge in [0, 0.05) is 11.9 Å². The number of nitrogens with one attached hydrogen (secondary N) is 1. The molecule has 0 unspecified atom stereocenters. The third kappa shape index (κ3) is 3.32. The van der Waals surface area contributed by atoms with Crippen molar-refractivity contribution in [3.05, 3.63) is 47.3 Å². The van der Waals surface area contributed by atoms with Gasteiger partial charge in [-0.25, -0.2) is 14.8 Å². The monoisotopic (exact) mass is 271 g/mol. The van der Waals surface area contributed by atoms with Crippen LogP contribution in [0.1, 0.15) is 28.5 Å². The molecule has 1 aromatic carbocycles. The Balaban J connectivity index is 2.19. The van der Waals surface area contributed by atoms with Gasteiger partial charge in [0.05, 0.1) is 17.9 Å².